The number of rotatable bonds is 4. The van der Waals surface area contributed by atoms with Crippen LogP contribution in [0.3, 0.4) is 0 Å². The molecule has 26 heavy (non-hydrogen) atoms. The molecule has 1 saturated heterocycles. The molecule has 3 N–H and O–H groups in total. The van der Waals surface area contributed by atoms with Crippen LogP contribution in [0.4, 0.5) is 10.5 Å². The first-order valence-corrected chi connectivity index (χ1v) is 10.0. The average Bonchev–Trinajstić information content (AvgIpc) is 3.06. The van der Waals surface area contributed by atoms with Crippen molar-refractivity contribution >= 4 is 21.6 Å². The zero-order chi connectivity index (χ0) is 18.9. The fourth-order valence-electron chi connectivity index (χ4n) is 3.12. The summed E-state index contributed by atoms with van der Waals surface area (Å²) in [4.78, 5) is 13.1. The smallest absolute Gasteiger partial charge is 0.407 e. The summed E-state index contributed by atoms with van der Waals surface area (Å²) in [6.07, 6.45) is 1.63. The summed E-state index contributed by atoms with van der Waals surface area (Å²) < 4.78 is 29.0. The molecular formula is C18H20N2O5S. The van der Waals surface area contributed by atoms with E-state index in [4.69, 9.17) is 10.5 Å². The molecule has 0 aromatic heterocycles. The topological polar surface area (TPSA) is 110 Å². The number of anilines is 1. The van der Waals surface area contributed by atoms with Crippen LogP contribution in [0.25, 0.3) is 0 Å². The summed E-state index contributed by atoms with van der Waals surface area (Å²) >= 11 is 0. The summed E-state index contributed by atoms with van der Waals surface area (Å²) in [6, 6.07) is 10.9. The lowest BCUT2D eigenvalue weighted by atomic mass is 10.0. The minimum Gasteiger partial charge on any atom is -0.465 e. The van der Waals surface area contributed by atoms with E-state index in [9.17, 15) is 18.3 Å². The van der Waals surface area contributed by atoms with Crippen molar-refractivity contribution < 1.29 is 23.1 Å². The highest BCUT2D eigenvalue weighted by molar-refractivity contribution is 7.90. The maximum atomic E-state index is 11.6. The number of nitrogens with two attached hydrogens (primary N) is 1. The van der Waals surface area contributed by atoms with Gasteiger partial charge < -0.3 is 20.5 Å². The highest BCUT2D eigenvalue weighted by Gasteiger charge is 2.32. The van der Waals surface area contributed by atoms with Crippen LogP contribution in [-0.4, -0.2) is 37.3 Å². The highest BCUT2D eigenvalue weighted by Crippen LogP contribution is 2.39. The lowest BCUT2D eigenvalue weighted by molar-refractivity contribution is 0.140. The number of nitrogen functional groups attached to an aromatic ring is 1. The Balaban J connectivity index is 1.92. The Morgan fingerprint density at radius 1 is 1.23 bits per heavy atom. The second-order valence-corrected chi connectivity index (χ2v) is 8.29. The molecule has 138 valence electrons. The number of likely N-dealkylation sites (tertiary alicyclic amines) is 1. The molecule has 1 amide bonds. The Kier molecular flexibility index (Phi) is 4.78. The van der Waals surface area contributed by atoms with Crippen LogP contribution in [0, 0.1) is 0 Å². The van der Waals surface area contributed by atoms with Crippen molar-refractivity contribution in [3.05, 3.63) is 48.0 Å². The molecule has 0 bridgehead atoms. The van der Waals surface area contributed by atoms with Gasteiger partial charge in [0.15, 0.2) is 9.84 Å². The van der Waals surface area contributed by atoms with Crippen molar-refractivity contribution in [1.29, 1.82) is 0 Å². The number of hydrogen-bond donors (Lipinski definition) is 2. The molecule has 1 aliphatic rings. The molecule has 1 heterocycles. The van der Waals surface area contributed by atoms with Crippen molar-refractivity contribution in [1.82, 2.24) is 4.90 Å². The van der Waals surface area contributed by atoms with Gasteiger partial charge in [0.1, 0.15) is 11.5 Å². The van der Waals surface area contributed by atoms with Crippen LogP contribution in [-0.2, 0) is 9.84 Å². The summed E-state index contributed by atoms with van der Waals surface area (Å²) in [5.41, 5.74) is 7.12. The van der Waals surface area contributed by atoms with Gasteiger partial charge >= 0.3 is 6.09 Å². The number of nitrogens with zero attached hydrogens (tertiary/aromatic N) is 1. The molecule has 2 aromatic carbocycles. The van der Waals surface area contributed by atoms with Crippen LogP contribution in [0.5, 0.6) is 11.5 Å². The van der Waals surface area contributed by atoms with Gasteiger partial charge in [-0.2, -0.15) is 0 Å². The highest BCUT2D eigenvalue weighted by atomic mass is 32.2. The first-order chi connectivity index (χ1) is 12.3. The molecule has 8 heteroatoms. The molecule has 1 atom stereocenters. The lowest BCUT2D eigenvalue weighted by Crippen LogP contribution is -2.29. The van der Waals surface area contributed by atoms with Crippen LogP contribution in [0.1, 0.15) is 24.4 Å². The van der Waals surface area contributed by atoms with Gasteiger partial charge in [0.2, 0.25) is 0 Å². The van der Waals surface area contributed by atoms with Gasteiger partial charge in [-0.15, -0.1) is 0 Å². The SMILES string of the molecule is CS(=O)(=O)c1ccc(Oc2ccc(N)cc2C2CCCN2C(=O)O)cc1. The first-order valence-electron chi connectivity index (χ1n) is 8.12. The number of hydrogen-bond acceptors (Lipinski definition) is 5. The summed E-state index contributed by atoms with van der Waals surface area (Å²) in [6.45, 7) is 0.470. The van der Waals surface area contributed by atoms with E-state index in [1.54, 1.807) is 30.3 Å². The van der Waals surface area contributed by atoms with Crippen molar-refractivity contribution in [2.75, 3.05) is 18.5 Å². The van der Waals surface area contributed by atoms with E-state index >= 15 is 0 Å². The minimum absolute atomic E-state index is 0.204. The standard InChI is InChI=1S/C18H20N2O5S/c1-26(23,24)14-7-5-13(6-8-14)25-17-9-4-12(19)11-15(17)16-3-2-10-20(16)18(21)22/h4-9,11,16H,2-3,10,19H2,1H3,(H,21,22). The molecule has 1 fully saturated rings. The van der Waals surface area contributed by atoms with E-state index < -0.39 is 15.9 Å². The Labute approximate surface area is 151 Å². The first kappa shape index (κ1) is 18.1. The second-order valence-electron chi connectivity index (χ2n) is 6.28. The van der Waals surface area contributed by atoms with Crippen LogP contribution < -0.4 is 10.5 Å². The Hall–Kier alpha value is -2.74. The second kappa shape index (κ2) is 6.87. The fraction of sp³-hybridized carbons (Fsp3) is 0.278. The Morgan fingerprint density at radius 3 is 2.54 bits per heavy atom. The third kappa shape index (κ3) is 3.75. The van der Waals surface area contributed by atoms with E-state index in [1.165, 1.54) is 17.0 Å². The number of carboxylic acid groups (broad SMARTS) is 1. The van der Waals surface area contributed by atoms with Gasteiger partial charge in [0, 0.05) is 24.1 Å². The van der Waals surface area contributed by atoms with Gasteiger partial charge in [-0.3, -0.25) is 0 Å². The van der Waals surface area contributed by atoms with E-state index in [2.05, 4.69) is 0 Å². The van der Waals surface area contributed by atoms with E-state index in [0.717, 1.165) is 12.7 Å². The quantitative estimate of drug-likeness (QED) is 0.793. The van der Waals surface area contributed by atoms with Crippen molar-refractivity contribution in [3.63, 3.8) is 0 Å². The maximum Gasteiger partial charge on any atom is 0.407 e. The zero-order valence-corrected chi connectivity index (χ0v) is 15.1. The van der Waals surface area contributed by atoms with Crippen molar-refractivity contribution in [2.45, 2.75) is 23.8 Å². The number of carbonyl (C=O) groups is 1. The molecule has 1 aliphatic heterocycles. The van der Waals surface area contributed by atoms with Crippen LogP contribution in [0.2, 0.25) is 0 Å². The molecular weight excluding hydrogens is 356 g/mol. The Morgan fingerprint density at radius 2 is 1.92 bits per heavy atom. The van der Waals surface area contributed by atoms with Crippen molar-refractivity contribution in [2.24, 2.45) is 0 Å². The molecule has 2 aromatic rings. The zero-order valence-electron chi connectivity index (χ0n) is 14.3. The number of amides is 1. The number of ether oxygens (including phenoxy) is 1. The normalized spacial score (nSPS) is 17.3. The van der Waals surface area contributed by atoms with Gasteiger partial charge in [0.25, 0.3) is 0 Å². The predicted octanol–water partition coefficient (Wildman–Crippen LogP) is 3.28. The molecule has 0 aliphatic carbocycles. The third-order valence-electron chi connectivity index (χ3n) is 4.37. The maximum absolute atomic E-state index is 11.6. The van der Waals surface area contributed by atoms with Gasteiger partial charge in [-0.1, -0.05) is 0 Å². The Bertz CT molecular complexity index is 925. The van der Waals surface area contributed by atoms with Gasteiger partial charge in [0.05, 0.1) is 10.9 Å². The average molecular weight is 376 g/mol. The number of sulfone groups is 1. The van der Waals surface area contributed by atoms with E-state index in [-0.39, 0.29) is 10.9 Å². The number of benzene rings is 2. The third-order valence-corrected chi connectivity index (χ3v) is 5.50. The largest absolute Gasteiger partial charge is 0.465 e. The summed E-state index contributed by atoms with van der Waals surface area (Å²) in [5, 5.41) is 9.40. The van der Waals surface area contributed by atoms with E-state index in [0.29, 0.717) is 35.7 Å². The molecule has 1 unspecified atom stereocenters. The van der Waals surface area contributed by atoms with Crippen LogP contribution in [0.15, 0.2) is 47.4 Å². The fourth-order valence-corrected chi connectivity index (χ4v) is 3.75. The van der Waals surface area contributed by atoms with Crippen molar-refractivity contribution in [3.8, 4) is 11.5 Å². The summed E-state index contributed by atoms with van der Waals surface area (Å²) in [7, 11) is -3.28. The van der Waals surface area contributed by atoms with Gasteiger partial charge in [-0.05, 0) is 55.3 Å². The molecule has 7 nitrogen and oxygen atoms in total. The molecule has 3 rings (SSSR count). The summed E-state index contributed by atoms with van der Waals surface area (Å²) in [5.74, 6) is 0.966. The van der Waals surface area contributed by atoms with Gasteiger partial charge in [-0.25, -0.2) is 13.2 Å². The lowest BCUT2D eigenvalue weighted by Gasteiger charge is -2.24. The molecule has 0 spiro atoms. The monoisotopic (exact) mass is 376 g/mol. The van der Waals surface area contributed by atoms with E-state index in [1.807, 2.05) is 0 Å². The minimum atomic E-state index is -3.28. The molecule has 0 saturated carbocycles. The molecule has 0 radical (unpaired) electrons. The predicted molar refractivity (Wildman–Crippen MR) is 97.2 cm³/mol. The van der Waals surface area contributed by atoms with Crippen LogP contribution >= 0.6 is 0 Å².